The molecule has 0 aromatic carbocycles. The molecule has 0 atom stereocenters. The molecule has 1 saturated carbocycles. The van der Waals surface area contributed by atoms with Gasteiger partial charge < -0.3 is 16.0 Å². The molecule has 0 bridgehead atoms. The van der Waals surface area contributed by atoms with Crippen LogP contribution in [-0.2, 0) is 11.2 Å². The molecule has 0 radical (unpaired) electrons. The van der Waals surface area contributed by atoms with E-state index in [9.17, 15) is 9.59 Å². The van der Waals surface area contributed by atoms with E-state index in [2.05, 4.69) is 10.3 Å². The molecule has 0 unspecified atom stereocenters. The van der Waals surface area contributed by atoms with E-state index >= 15 is 0 Å². The van der Waals surface area contributed by atoms with E-state index in [-0.39, 0.29) is 18.4 Å². The van der Waals surface area contributed by atoms with Crippen LogP contribution in [-0.4, -0.2) is 47.9 Å². The van der Waals surface area contributed by atoms with E-state index in [4.69, 9.17) is 5.73 Å². The fraction of sp³-hybridized carbons (Fsp3) is 0.583. The Morgan fingerprint density at radius 3 is 2.95 bits per heavy atom. The number of nitrogens with zero attached hydrogens (tertiary/aromatic N) is 2. The van der Waals surface area contributed by atoms with Gasteiger partial charge >= 0.3 is 0 Å². The lowest BCUT2D eigenvalue weighted by atomic mass is 10.4. The highest BCUT2D eigenvalue weighted by Crippen LogP contribution is 2.18. The molecule has 0 spiro atoms. The molecule has 1 fully saturated rings. The summed E-state index contributed by atoms with van der Waals surface area (Å²) in [6, 6.07) is 0.312. The van der Waals surface area contributed by atoms with Crippen LogP contribution >= 0.6 is 11.3 Å². The van der Waals surface area contributed by atoms with Crippen LogP contribution in [0.4, 0.5) is 0 Å². The fourth-order valence-electron chi connectivity index (χ4n) is 1.63. The third-order valence-electron chi connectivity index (χ3n) is 2.80. The number of nitrogens with two attached hydrogens (primary N) is 1. The molecule has 0 saturated heterocycles. The second-order valence-corrected chi connectivity index (χ2v) is 5.61. The zero-order valence-corrected chi connectivity index (χ0v) is 11.7. The van der Waals surface area contributed by atoms with Gasteiger partial charge in [-0.15, -0.1) is 11.3 Å². The Kier molecular flexibility index (Phi) is 4.49. The number of hydrogen-bond acceptors (Lipinski definition) is 5. The Labute approximate surface area is 116 Å². The van der Waals surface area contributed by atoms with Crippen molar-refractivity contribution in [3.63, 3.8) is 0 Å². The molecule has 3 N–H and O–H groups in total. The van der Waals surface area contributed by atoms with Crippen LogP contribution in [0, 0.1) is 0 Å². The molecule has 6 nitrogen and oxygen atoms in total. The number of aromatic nitrogens is 1. The van der Waals surface area contributed by atoms with Gasteiger partial charge in [0.1, 0.15) is 5.69 Å². The van der Waals surface area contributed by atoms with Crippen molar-refractivity contribution in [2.24, 2.45) is 5.73 Å². The van der Waals surface area contributed by atoms with Gasteiger partial charge in [-0.3, -0.25) is 9.59 Å². The number of rotatable bonds is 6. The summed E-state index contributed by atoms with van der Waals surface area (Å²) in [5, 5.41) is 5.41. The van der Waals surface area contributed by atoms with Crippen molar-refractivity contribution in [1.82, 2.24) is 15.2 Å². The summed E-state index contributed by atoms with van der Waals surface area (Å²) in [5.74, 6) is -0.346. The van der Waals surface area contributed by atoms with Crippen molar-refractivity contribution in [2.75, 3.05) is 20.1 Å². The van der Waals surface area contributed by atoms with Gasteiger partial charge in [0.2, 0.25) is 5.91 Å². The standard InChI is InChI=1S/C12H18N4O2S/c1-16(6-10(17)14-8-2-3-8)12(18)9-7-19-11(15-9)4-5-13/h7-8H,2-6,13H2,1H3,(H,14,17). The summed E-state index contributed by atoms with van der Waals surface area (Å²) >= 11 is 1.42. The SMILES string of the molecule is CN(CC(=O)NC1CC1)C(=O)c1csc(CCN)n1. The summed E-state index contributed by atoms with van der Waals surface area (Å²) in [6.45, 7) is 0.583. The predicted molar refractivity (Wildman–Crippen MR) is 73.0 cm³/mol. The van der Waals surface area contributed by atoms with Crippen LogP contribution in [0.1, 0.15) is 28.3 Å². The van der Waals surface area contributed by atoms with Crippen molar-refractivity contribution in [1.29, 1.82) is 0 Å². The van der Waals surface area contributed by atoms with Gasteiger partial charge in [-0.25, -0.2) is 4.98 Å². The van der Waals surface area contributed by atoms with E-state index in [1.807, 2.05) is 0 Å². The molecule has 19 heavy (non-hydrogen) atoms. The summed E-state index contributed by atoms with van der Waals surface area (Å²) < 4.78 is 0. The average molecular weight is 282 g/mol. The monoisotopic (exact) mass is 282 g/mol. The van der Waals surface area contributed by atoms with Crippen molar-refractivity contribution >= 4 is 23.2 Å². The fourth-order valence-corrected chi connectivity index (χ4v) is 2.42. The lowest BCUT2D eigenvalue weighted by molar-refractivity contribution is -0.121. The summed E-state index contributed by atoms with van der Waals surface area (Å²) in [5.41, 5.74) is 5.83. The molecule has 7 heteroatoms. The molecule has 104 valence electrons. The van der Waals surface area contributed by atoms with E-state index in [0.717, 1.165) is 17.8 Å². The van der Waals surface area contributed by atoms with E-state index in [1.54, 1.807) is 12.4 Å². The van der Waals surface area contributed by atoms with Gasteiger partial charge in [0.25, 0.3) is 5.91 Å². The number of hydrogen-bond donors (Lipinski definition) is 2. The molecule has 1 aromatic heterocycles. The van der Waals surface area contributed by atoms with Crippen molar-refractivity contribution < 1.29 is 9.59 Å². The van der Waals surface area contributed by atoms with Crippen LogP contribution < -0.4 is 11.1 Å². The zero-order chi connectivity index (χ0) is 13.8. The molecule has 0 aliphatic heterocycles. The molecule has 2 rings (SSSR count). The molecular weight excluding hydrogens is 264 g/mol. The Balaban J connectivity index is 1.87. The minimum Gasteiger partial charge on any atom is -0.352 e. The number of carbonyl (C=O) groups excluding carboxylic acids is 2. The van der Waals surface area contributed by atoms with Crippen LogP contribution in [0.15, 0.2) is 5.38 Å². The smallest absolute Gasteiger partial charge is 0.273 e. The van der Waals surface area contributed by atoms with Gasteiger partial charge in [-0.1, -0.05) is 0 Å². The van der Waals surface area contributed by atoms with Gasteiger partial charge in [0.05, 0.1) is 11.6 Å². The van der Waals surface area contributed by atoms with E-state index in [0.29, 0.717) is 24.7 Å². The first-order valence-corrected chi connectivity index (χ1v) is 7.17. The Bertz CT molecular complexity index is 470. The molecule has 1 aliphatic carbocycles. The first-order valence-electron chi connectivity index (χ1n) is 6.29. The minimum absolute atomic E-state index is 0.0685. The normalized spacial score (nSPS) is 14.2. The van der Waals surface area contributed by atoms with Crippen LogP contribution in [0.25, 0.3) is 0 Å². The Morgan fingerprint density at radius 1 is 1.58 bits per heavy atom. The first kappa shape index (κ1) is 14.0. The van der Waals surface area contributed by atoms with Crippen LogP contribution in [0.5, 0.6) is 0 Å². The van der Waals surface area contributed by atoms with Crippen LogP contribution in [0.2, 0.25) is 0 Å². The lowest BCUT2D eigenvalue weighted by Crippen LogP contribution is -2.39. The second-order valence-electron chi connectivity index (χ2n) is 4.67. The third kappa shape index (κ3) is 4.00. The lowest BCUT2D eigenvalue weighted by Gasteiger charge is -2.15. The largest absolute Gasteiger partial charge is 0.352 e. The molecule has 1 aliphatic rings. The number of amides is 2. The predicted octanol–water partition coefficient (Wildman–Crippen LogP) is -0.00510. The highest BCUT2D eigenvalue weighted by atomic mass is 32.1. The summed E-state index contributed by atoms with van der Waals surface area (Å²) in [6.07, 6.45) is 2.75. The average Bonchev–Trinajstić information content (AvgIpc) is 3.05. The van der Waals surface area contributed by atoms with Crippen LogP contribution in [0.3, 0.4) is 0 Å². The highest BCUT2D eigenvalue weighted by Gasteiger charge is 2.25. The third-order valence-corrected chi connectivity index (χ3v) is 3.71. The van der Waals surface area contributed by atoms with Gasteiger partial charge in [-0.2, -0.15) is 0 Å². The quantitative estimate of drug-likeness (QED) is 0.768. The summed E-state index contributed by atoms with van der Waals surface area (Å²) in [7, 11) is 1.61. The van der Waals surface area contributed by atoms with Gasteiger partial charge in [-0.05, 0) is 19.4 Å². The van der Waals surface area contributed by atoms with Gasteiger partial charge in [0, 0.05) is 24.9 Å². The number of thiazole rings is 1. The molecule has 2 amide bonds. The minimum atomic E-state index is -0.231. The zero-order valence-electron chi connectivity index (χ0n) is 10.9. The van der Waals surface area contributed by atoms with E-state index < -0.39 is 0 Å². The first-order chi connectivity index (χ1) is 9.10. The molecule has 1 aromatic rings. The molecular formula is C12H18N4O2S. The summed E-state index contributed by atoms with van der Waals surface area (Å²) in [4.78, 5) is 29.3. The van der Waals surface area contributed by atoms with Gasteiger partial charge in [0.15, 0.2) is 0 Å². The van der Waals surface area contributed by atoms with Crippen molar-refractivity contribution in [2.45, 2.75) is 25.3 Å². The topological polar surface area (TPSA) is 88.3 Å². The Hall–Kier alpha value is -1.47. The van der Waals surface area contributed by atoms with Crippen molar-refractivity contribution in [3.8, 4) is 0 Å². The maximum Gasteiger partial charge on any atom is 0.273 e. The van der Waals surface area contributed by atoms with E-state index in [1.165, 1.54) is 16.2 Å². The number of nitrogens with one attached hydrogen (secondary N) is 1. The Morgan fingerprint density at radius 2 is 2.32 bits per heavy atom. The second kappa shape index (κ2) is 6.12. The number of carbonyl (C=O) groups is 2. The maximum atomic E-state index is 12.1. The maximum absolute atomic E-state index is 12.1. The van der Waals surface area contributed by atoms with Crippen molar-refractivity contribution in [3.05, 3.63) is 16.1 Å². The number of likely N-dealkylation sites (N-methyl/N-ethyl adjacent to an activating group) is 1. The molecule has 1 heterocycles. The highest BCUT2D eigenvalue weighted by molar-refractivity contribution is 7.09.